The smallest absolute Gasteiger partial charge is 0.142 e. The Bertz CT molecular complexity index is 368. The van der Waals surface area contributed by atoms with Gasteiger partial charge in [0.1, 0.15) is 5.82 Å². The molecule has 1 heterocycles. The average Bonchev–Trinajstić information content (AvgIpc) is 2.14. The summed E-state index contributed by atoms with van der Waals surface area (Å²) in [6.07, 6.45) is 2.55. The van der Waals surface area contributed by atoms with Crippen LogP contribution in [0, 0.1) is 6.92 Å². The molecule has 0 amide bonds. The van der Waals surface area contributed by atoms with Crippen molar-refractivity contribution in [1.29, 1.82) is 0 Å². The molecule has 0 aliphatic rings. The average molecular weight is 288 g/mol. The number of nitrogens with zero attached hydrogens (tertiary/aromatic N) is 2. The molecule has 1 rings (SSSR count). The molecule has 0 aromatic carbocycles. The molecule has 0 unspecified atom stereocenters. The van der Waals surface area contributed by atoms with Crippen LogP contribution in [0.25, 0.3) is 0 Å². The van der Waals surface area contributed by atoms with Gasteiger partial charge in [0.05, 0.1) is 9.46 Å². The van der Waals surface area contributed by atoms with E-state index in [4.69, 9.17) is 18.0 Å². The summed E-state index contributed by atoms with van der Waals surface area (Å²) in [7, 11) is 1.97. The third kappa shape index (κ3) is 3.76. The van der Waals surface area contributed by atoms with Gasteiger partial charge in [0.15, 0.2) is 0 Å². The number of hydrogen-bond donors (Lipinski definition) is 1. The van der Waals surface area contributed by atoms with Gasteiger partial charge in [0, 0.05) is 26.2 Å². The molecule has 1 aromatic heterocycles. The molecule has 0 spiro atoms. The van der Waals surface area contributed by atoms with Crippen LogP contribution in [0.15, 0.2) is 16.7 Å². The van der Waals surface area contributed by atoms with Crippen LogP contribution < -0.4 is 10.6 Å². The molecule has 2 N–H and O–H groups in total. The van der Waals surface area contributed by atoms with Crippen LogP contribution in [-0.4, -0.2) is 23.6 Å². The van der Waals surface area contributed by atoms with Crippen molar-refractivity contribution >= 4 is 39.0 Å². The second kappa shape index (κ2) is 5.42. The van der Waals surface area contributed by atoms with E-state index in [9.17, 15) is 0 Å². The van der Waals surface area contributed by atoms with E-state index in [1.807, 2.05) is 31.1 Å². The number of nitrogens with two attached hydrogens (primary N) is 1. The van der Waals surface area contributed by atoms with E-state index >= 15 is 0 Å². The summed E-state index contributed by atoms with van der Waals surface area (Å²) in [5.74, 6) is 0.914. The zero-order chi connectivity index (χ0) is 11.4. The van der Waals surface area contributed by atoms with Crippen molar-refractivity contribution in [3.63, 3.8) is 0 Å². The van der Waals surface area contributed by atoms with Crippen LogP contribution in [0.1, 0.15) is 12.0 Å². The number of anilines is 1. The number of hydrogen-bond acceptors (Lipinski definition) is 3. The van der Waals surface area contributed by atoms with Gasteiger partial charge in [0.25, 0.3) is 0 Å². The van der Waals surface area contributed by atoms with Gasteiger partial charge in [0.2, 0.25) is 0 Å². The Morgan fingerprint density at radius 1 is 1.67 bits per heavy atom. The Morgan fingerprint density at radius 2 is 2.33 bits per heavy atom. The molecule has 0 saturated carbocycles. The molecular formula is C10H14BrN3S. The van der Waals surface area contributed by atoms with E-state index < -0.39 is 0 Å². The number of thiocarbonyl (C=S) groups is 1. The molecule has 0 radical (unpaired) electrons. The summed E-state index contributed by atoms with van der Waals surface area (Å²) in [6.45, 7) is 2.79. The molecule has 15 heavy (non-hydrogen) atoms. The SMILES string of the molecule is Cc1cnc(N(C)CCC(N)=S)c(Br)c1. The molecule has 3 nitrogen and oxygen atoms in total. The van der Waals surface area contributed by atoms with Crippen molar-refractivity contribution in [2.75, 3.05) is 18.5 Å². The second-order valence-corrected chi connectivity index (χ2v) is 4.83. The van der Waals surface area contributed by atoms with E-state index in [-0.39, 0.29) is 0 Å². The molecule has 0 saturated heterocycles. The van der Waals surface area contributed by atoms with Crippen molar-refractivity contribution in [3.05, 3.63) is 22.3 Å². The van der Waals surface area contributed by atoms with Gasteiger partial charge in [-0.2, -0.15) is 0 Å². The molecular weight excluding hydrogens is 274 g/mol. The number of pyridine rings is 1. The first kappa shape index (κ1) is 12.4. The predicted octanol–water partition coefficient (Wildman–Crippen LogP) is 2.26. The first-order valence-electron chi connectivity index (χ1n) is 4.62. The largest absolute Gasteiger partial charge is 0.393 e. The van der Waals surface area contributed by atoms with E-state index in [2.05, 4.69) is 20.9 Å². The van der Waals surface area contributed by atoms with Crippen molar-refractivity contribution < 1.29 is 0 Å². The van der Waals surface area contributed by atoms with Crippen molar-refractivity contribution in [2.24, 2.45) is 5.73 Å². The molecule has 0 atom stereocenters. The number of rotatable bonds is 4. The van der Waals surface area contributed by atoms with Gasteiger partial charge >= 0.3 is 0 Å². The monoisotopic (exact) mass is 287 g/mol. The maximum Gasteiger partial charge on any atom is 0.142 e. The summed E-state index contributed by atoms with van der Waals surface area (Å²) in [5.41, 5.74) is 6.59. The van der Waals surface area contributed by atoms with Crippen molar-refractivity contribution in [2.45, 2.75) is 13.3 Å². The van der Waals surface area contributed by atoms with Crippen LogP contribution in [0.3, 0.4) is 0 Å². The number of aromatic nitrogens is 1. The van der Waals surface area contributed by atoms with Gasteiger partial charge in [-0.15, -0.1) is 0 Å². The standard InChI is InChI=1S/C10H14BrN3S/c1-7-5-8(11)10(13-6-7)14(2)4-3-9(12)15/h5-6H,3-4H2,1-2H3,(H2,12,15). The van der Waals surface area contributed by atoms with Gasteiger partial charge in [-0.1, -0.05) is 12.2 Å². The Morgan fingerprint density at radius 3 is 2.87 bits per heavy atom. The fourth-order valence-corrected chi connectivity index (χ4v) is 2.05. The highest BCUT2D eigenvalue weighted by Crippen LogP contribution is 2.23. The maximum atomic E-state index is 5.45. The highest BCUT2D eigenvalue weighted by Gasteiger charge is 2.07. The van der Waals surface area contributed by atoms with E-state index in [0.717, 1.165) is 22.4 Å². The summed E-state index contributed by atoms with van der Waals surface area (Å²) in [5, 5.41) is 0. The highest BCUT2D eigenvalue weighted by molar-refractivity contribution is 9.10. The molecule has 0 fully saturated rings. The predicted molar refractivity (Wildman–Crippen MR) is 71.3 cm³/mol. The van der Waals surface area contributed by atoms with Crippen molar-refractivity contribution in [3.8, 4) is 0 Å². The van der Waals surface area contributed by atoms with Gasteiger partial charge < -0.3 is 10.6 Å². The number of halogens is 1. The molecule has 0 aliphatic carbocycles. The highest BCUT2D eigenvalue weighted by atomic mass is 79.9. The maximum absolute atomic E-state index is 5.45. The van der Waals surface area contributed by atoms with Gasteiger partial charge in [-0.3, -0.25) is 0 Å². The second-order valence-electron chi connectivity index (χ2n) is 3.46. The van der Waals surface area contributed by atoms with Crippen LogP contribution in [0.2, 0.25) is 0 Å². The Labute approximate surface area is 104 Å². The van der Waals surface area contributed by atoms with E-state index in [1.54, 1.807) is 0 Å². The van der Waals surface area contributed by atoms with Crippen LogP contribution >= 0.6 is 28.1 Å². The topological polar surface area (TPSA) is 42.2 Å². The lowest BCUT2D eigenvalue weighted by Gasteiger charge is -2.19. The quantitative estimate of drug-likeness (QED) is 0.863. The molecule has 0 aliphatic heterocycles. The lowest BCUT2D eigenvalue weighted by atomic mass is 10.3. The van der Waals surface area contributed by atoms with Gasteiger partial charge in [-0.05, 0) is 34.5 Å². The van der Waals surface area contributed by atoms with Crippen molar-refractivity contribution in [1.82, 2.24) is 4.98 Å². The third-order valence-corrected chi connectivity index (χ3v) is 2.80. The fraction of sp³-hybridized carbons (Fsp3) is 0.400. The zero-order valence-electron chi connectivity index (χ0n) is 8.83. The Hall–Kier alpha value is -0.680. The Kier molecular flexibility index (Phi) is 4.47. The van der Waals surface area contributed by atoms with Crippen LogP contribution in [0.4, 0.5) is 5.82 Å². The molecule has 82 valence electrons. The minimum Gasteiger partial charge on any atom is -0.393 e. The first-order valence-corrected chi connectivity index (χ1v) is 5.82. The third-order valence-electron chi connectivity index (χ3n) is 2.01. The summed E-state index contributed by atoms with van der Waals surface area (Å²) < 4.78 is 0.993. The molecule has 5 heteroatoms. The summed E-state index contributed by atoms with van der Waals surface area (Å²) >= 11 is 8.32. The summed E-state index contributed by atoms with van der Waals surface area (Å²) in [6, 6.07) is 2.04. The number of aryl methyl sites for hydroxylation is 1. The lowest BCUT2D eigenvalue weighted by Crippen LogP contribution is -2.24. The van der Waals surface area contributed by atoms with Gasteiger partial charge in [-0.25, -0.2) is 4.98 Å². The molecule has 0 bridgehead atoms. The Balaban J connectivity index is 2.73. The fourth-order valence-electron chi connectivity index (χ4n) is 1.19. The first-order chi connectivity index (χ1) is 7.00. The molecule has 1 aromatic rings. The van der Waals surface area contributed by atoms with E-state index in [0.29, 0.717) is 11.4 Å². The van der Waals surface area contributed by atoms with Crippen LogP contribution in [0.5, 0.6) is 0 Å². The zero-order valence-corrected chi connectivity index (χ0v) is 11.2. The van der Waals surface area contributed by atoms with Crippen LogP contribution in [-0.2, 0) is 0 Å². The minimum atomic E-state index is 0.532. The van der Waals surface area contributed by atoms with E-state index in [1.165, 1.54) is 0 Å². The normalized spacial score (nSPS) is 10.1. The summed E-state index contributed by atoms with van der Waals surface area (Å²) in [4.78, 5) is 6.91. The lowest BCUT2D eigenvalue weighted by molar-refractivity contribution is 0.894. The minimum absolute atomic E-state index is 0.532.